The molecule has 1 aromatic heterocycles. The SMILES string of the molecule is Cc1ccc(NC(=O)c2n[nH]c([N+](=O)[O-])c2Cl)c(Br)c1. The minimum Gasteiger partial charge on any atom is -0.358 e. The van der Waals surface area contributed by atoms with Crippen molar-refractivity contribution in [3.63, 3.8) is 0 Å². The van der Waals surface area contributed by atoms with Crippen LogP contribution in [0.4, 0.5) is 11.5 Å². The molecule has 1 aromatic carbocycles. The predicted octanol–water partition coefficient (Wildman–Crippen LogP) is 3.29. The third-order valence-electron chi connectivity index (χ3n) is 2.46. The van der Waals surface area contributed by atoms with Gasteiger partial charge in [-0.05, 0) is 45.5 Å². The van der Waals surface area contributed by atoms with E-state index in [4.69, 9.17) is 11.6 Å². The number of hydrogen-bond acceptors (Lipinski definition) is 4. The number of carbonyl (C=O) groups is 1. The maximum atomic E-state index is 12.0. The van der Waals surface area contributed by atoms with Crippen LogP contribution in [-0.2, 0) is 0 Å². The molecule has 0 radical (unpaired) electrons. The second-order valence-electron chi connectivity index (χ2n) is 3.93. The lowest BCUT2D eigenvalue weighted by atomic mass is 10.2. The third-order valence-corrected chi connectivity index (χ3v) is 3.47. The van der Waals surface area contributed by atoms with Crippen molar-refractivity contribution in [1.29, 1.82) is 0 Å². The van der Waals surface area contributed by atoms with E-state index in [1.807, 2.05) is 19.1 Å². The number of aromatic nitrogens is 2. The number of hydrogen-bond donors (Lipinski definition) is 2. The minimum absolute atomic E-state index is 0.231. The number of H-pyrrole nitrogens is 1. The van der Waals surface area contributed by atoms with Gasteiger partial charge in [0.05, 0.1) is 5.69 Å². The largest absolute Gasteiger partial charge is 0.362 e. The van der Waals surface area contributed by atoms with Gasteiger partial charge in [-0.1, -0.05) is 22.8 Å². The summed E-state index contributed by atoms with van der Waals surface area (Å²) in [5.41, 5.74) is 1.30. The van der Waals surface area contributed by atoms with Crippen LogP contribution in [0.2, 0.25) is 5.02 Å². The highest BCUT2D eigenvalue weighted by atomic mass is 79.9. The Hall–Kier alpha value is -1.93. The molecule has 0 atom stereocenters. The number of rotatable bonds is 3. The van der Waals surface area contributed by atoms with Gasteiger partial charge in [-0.3, -0.25) is 4.79 Å². The lowest BCUT2D eigenvalue weighted by molar-refractivity contribution is -0.389. The molecule has 1 amide bonds. The molecule has 2 rings (SSSR count). The van der Waals surface area contributed by atoms with Gasteiger partial charge in [0.1, 0.15) is 0 Å². The molecule has 20 heavy (non-hydrogen) atoms. The van der Waals surface area contributed by atoms with Crippen molar-refractivity contribution >= 4 is 44.9 Å². The lowest BCUT2D eigenvalue weighted by Gasteiger charge is -2.06. The highest BCUT2D eigenvalue weighted by Crippen LogP contribution is 2.27. The Morgan fingerprint density at radius 3 is 2.80 bits per heavy atom. The number of nitrogens with zero attached hydrogens (tertiary/aromatic N) is 2. The first-order valence-electron chi connectivity index (χ1n) is 5.36. The van der Waals surface area contributed by atoms with Crippen molar-refractivity contribution in [3.8, 4) is 0 Å². The van der Waals surface area contributed by atoms with Gasteiger partial charge in [-0.25, -0.2) is 0 Å². The smallest absolute Gasteiger partial charge is 0.358 e. The fourth-order valence-corrected chi connectivity index (χ4v) is 2.33. The van der Waals surface area contributed by atoms with Crippen molar-refractivity contribution in [1.82, 2.24) is 10.2 Å². The van der Waals surface area contributed by atoms with Crippen LogP contribution in [0.5, 0.6) is 0 Å². The maximum Gasteiger partial charge on any atom is 0.362 e. The standard InChI is InChI=1S/C11H8BrClN4O3/c1-5-2-3-7(6(12)4-5)14-11(18)9-8(13)10(16-15-9)17(19)20/h2-4H,1H3,(H,14,18)(H,15,16). The van der Waals surface area contributed by atoms with E-state index in [0.717, 1.165) is 5.56 Å². The first-order chi connectivity index (χ1) is 9.40. The number of carbonyl (C=O) groups excluding carboxylic acids is 1. The molecule has 7 nitrogen and oxygen atoms in total. The van der Waals surface area contributed by atoms with Crippen molar-refractivity contribution in [3.05, 3.63) is 49.1 Å². The van der Waals surface area contributed by atoms with E-state index in [9.17, 15) is 14.9 Å². The van der Waals surface area contributed by atoms with Crippen LogP contribution >= 0.6 is 27.5 Å². The average Bonchev–Trinajstić information content (AvgIpc) is 2.74. The number of amides is 1. The summed E-state index contributed by atoms with van der Waals surface area (Å²) < 4.78 is 0.687. The zero-order valence-electron chi connectivity index (χ0n) is 10.1. The quantitative estimate of drug-likeness (QED) is 0.648. The van der Waals surface area contributed by atoms with Crippen LogP contribution in [0.1, 0.15) is 16.1 Å². The maximum absolute atomic E-state index is 12.0. The molecule has 104 valence electrons. The van der Waals surface area contributed by atoms with E-state index in [0.29, 0.717) is 10.2 Å². The van der Waals surface area contributed by atoms with Gasteiger partial charge in [-0.15, -0.1) is 5.10 Å². The second-order valence-corrected chi connectivity index (χ2v) is 5.16. The number of nitro groups is 1. The first kappa shape index (κ1) is 14.5. The number of halogens is 2. The van der Waals surface area contributed by atoms with Gasteiger partial charge in [0.2, 0.25) is 0 Å². The normalized spacial score (nSPS) is 10.3. The number of aromatic amines is 1. The topological polar surface area (TPSA) is 101 Å². The zero-order chi connectivity index (χ0) is 14.9. The van der Waals surface area contributed by atoms with Gasteiger partial charge in [-0.2, -0.15) is 0 Å². The van der Waals surface area contributed by atoms with E-state index in [-0.39, 0.29) is 10.7 Å². The summed E-state index contributed by atoms with van der Waals surface area (Å²) >= 11 is 9.05. The number of nitrogens with one attached hydrogen (secondary N) is 2. The summed E-state index contributed by atoms with van der Waals surface area (Å²) in [5, 5.41) is 18.5. The molecule has 0 aliphatic rings. The minimum atomic E-state index is -0.742. The van der Waals surface area contributed by atoms with Crippen LogP contribution < -0.4 is 5.32 Å². The predicted molar refractivity (Wildman–Crippen MR) is 77.1 cm³/mol. The molecule has 0 saturated carbocycles. The highest BCUT2D eigenvalue weighted by Gasteiger charge is 2.25. The van der Waals surface area contributed by atoms with Crippen molar-refractivity contribution in [2.75, 3.05) is 5.32 Å². The van der Waals surface area contributed by atoms with E-state index >= 15 is 0 Å². The van der Waals surface area contributed by atoms with Crippen molar-refractivity contribution < 1.29 is 9.72 Å². The Morgan fingerprint density at radius 1 is 1.55 bits per heavy atom. The molecule has 0 bridgehead atoms. The monoisotopic (exact) mass is 358 g/mol. The Morgan fingerprint density at radius 2 is 2.25 bits per heavy atom. The third kappa shape index (κ3) is 2.81. The molecule has 2 N–H and O–H groups in total. The van der Waals surface area contributed by atoms with Gasteiger partial charge < -0.3 is 15.4 Å². The first-order valence-corrected chi connectivity index (χ1v) is 6.53. The number of anilines is 1. The summed E-state index contributed by atoms with van der Waals surface area (Å²) in [5.74, 6) is -1.15. The highest BCUT2D eigenvalue weighted by molar-refractivity contribution is 9.10. The summed E-state index contributed by atoms with van der Waals surface area (Å²) in [7, 11) is 0. The molecule has 1 heterocycles. The molecule has 0 spiro atoms. The molecule has 2 aromatic rings. The molecular weight excluding hydrogens is 352 g/mol. The molecular formula is C11H8BrClN4O3. The van der Waals surface area contributed by atoms with Crippen LogP contribution in [0.15, 0.2) is 22.7 Å². The summed E-state index contributed by atoms with van der Waals surface area (Å²) in [6.07, 6.45) is 0. The van der Waals surface area contributed by atoms with Crippen LogP contribution in [-0.4, -0.2) is 21.0 Å². The van der Waals surface area contributed by atoms with E-state index in [2.05, 4.69) is 31.4 Å². The molecule has 9 heteroatoms. The van der Waals surface area contributed by atoms with Gasteiger partial charge in [0.15, 0.2) is 10.7 Å². The van der Waals surface area contributed by atoms with Crippen LogP contribution in [0.3, 0.4) is 0 Å². The van der Waals surface area contributed by atoms with E-state index in [1.165, 1.54) is 0 Å². The van der Waals surface area contributed by atoms with Crippen molar-refractivity contribution in [2.24, 2.45) is 0 Å². The van der Waals surface area contributed by atoms with Gasteiger partial charge in [0, 0.05) is 4.47 Å². The molecule has 0 aliphatic carbocycles. The summed E-state index contributed by atoms with van der Waals surface area (Å²) in [6, 6.07) is 5.34. The molecule has 0 aliphatic heterocycles. The van der Waals surface area contributed by atoms with Gasteiger partial charge >= 0.3 is 5.82 Å². The number of aryl methyl sites for hydroxylation is 1. The van der Waals surface area contributed by atoms with Crippen LogP contribution in [0.25, 0.3) is 0 Å². The molecule has 0 unspecified atom stereocenters. The lowest BCUT2D eigenvalue weighted by Crippen LogP contribution is -2.13. The molecule has 0 fully saturated rings. The van der Waals surface area contributed by atoms with Crippen LogP contribution in [0, 0.1) is 17.0 Å². The summed E-state index contributed by atoms with van der Waals surface area (Å²) in [4.78, 5) is 21.9. The zero-order valence-corrected chi connectivity index (χ0v) is 12.4. The van der Waals surface area contributed by atoms with E-state index in [1.54, 1.807) is 6.07 Å². The Balaban J connectivity index is 2.26. The average molecular weight is 360 g/mol. The Labute approximate surface area is 126 Å². The van der Waals surface area contributed by atoms with E-state index < -0.39 is 16.6 Å². The summed E-state index contributed by atoms with van der Waals surface area (Å²) in [6.45, 7) is 1.91. The second kappa shape index (κ2) is 5.59. The van der Waals surface area contributed by atoms with Gasteiger partial charge in [0.25, 0.3) is 5.91 Å². The Kier molecular flexibility index (Phi) is 4.05. The Bertz CT molecular complexity index is 701. The van der Waals surface area contributed by atoms with Crippen molar-refractivity contribution in [2.45, 2.75) is 6.92 Å². The fourth-order valence-electron chi connectivity index (χ4n) is 1.49. The molecule has 0 saturated heterocycles. The number of benzene rings is 1. The fraction of sp³-hybridized carbons (Fsp3) is 0.0909.